The number of nitrogens with two attached hydrogens (primary N) is 1. The Labute approximate surface area is 217 Å². The van der Waals surface area contributed by atoms with Crippen LogP contribution < -0.4 is 21.1 Å². The van der Waals surface area contributed by atoms with E-state index in [9.17, 15) is 8.78 Å². The molecule has 4 N–H and O–H groups in total. The zero-order chi connectivity index (χ0) is 26.3. The highest BCUT2D eigenvalue weighted by atomic mass is 35.5. The van der Waals surface area contributed by atoms with Gasteiger partial charge in [0.25, 0.3) is 0 Å². The van der Waals surface area contributed by atoms with Gasteiger partial charge in [0.1, 0.15) is 17.4 Å². The maximum absolute atomic E-state index is 12.4. The van der Waals surface area contributed by atoms with Crippen LogP contribution in [0.5, 0.6) is 5.75 Å². The lowest BCUT2D eigenvalue weighted by molar-refractivity contribution is -0.0498. The van der Waals surface area contributed by atoms with E-state index in [1.54, 1.807) is 18.3 Å². The summed E-state index contributed by atoms with van der Waals surface area (Å²) >= 11 is 6.43. The molecule has 4 rings (SSSR count). The number of rotatable bonds is 8. The molecular weight excluding hydrogens is 484 g/mol. The van der Waals surface area contributed by atoms with Crippen LogP contribution in [0.15, 0.2) is 54.7 Å². The maximum Gasteiger partial charge on any atom is 0.387 e. The quantitative estimate of drug-likeness (QED) is 0.288. The molecule has 196 valence electrons. The largest absolute Gasteiger partial charge is 0.435 e. The van der Waals surface area contributed by atoms with E-state index in [-0.39, 0.29) is 5.75 Å². The molecule has 36 heavy (non-hydrogen) atoms. The van der Waals surface area contributed by atoms with Crippen LogP contribution >= 0.6 is 11.6 Å². The molecule has 9 heteroatoms. The molecule has 1 aromatic carbocycles. The van der Waals surface area contributed by atoms with Crippen molar-refractivity contribution in [2.24, 2.45) is 5.73 Å². The number of halogens is 3. The molecule has 2 heterocycles. The van der Waals surface area contributed by atoms with Crippen LogP contribution in [0.4, 0.5) is 20.4 Å². The normalized spacial score (nSPS) is 13.1. The molecule has 0 unspecified atom stereocenters. The predicted molar refractivity (Wildman–Crippen MR) is 145 cm³/mol. The van der Waals surface area contributed by atoms with Crippen molar-refractivity contribution in [3.8, 4) is 17.0 Å². The average Bonchev–Trinajstić information content (AvgIpc) is 2.91. The standard InChI is InChI=1S/C24H25ClF2N4O.C2H6.CH5N/c25-20-15-29-23(30-17-7-2-1-3-8-17)13-19(20)21-10-5-11-22(31-21)28-14-16-6-4-9-18(12-16)32-24(26)27;2*1-2/h4-6,9-13,15,17,24H,1-3,7-8,14H2,(H,28,31)(H,29,30);1-2H3;2H2,1H3. The van der Waals surface area contributed by atoms with Gasteiger partial charge in [0.2, 0.25) is 0 Å². The van der Waals surface area contributed by atoms with Gasteiger partial charge >= 0.3 is 6.61 Å². The Morgan fingerprint density at radius 1 is 1.03 bits per heavy atom. The molecule has 1 aliphatic carbocycles. The van der Waals surface area contributed by atoms with Crippen molar-refractivity contribution >= 4 is 23.2 Å². The molecule has 0 saturated heterocycles. The lowest BCUT2D eigenvalue weighted by atomic mass is 9.95. The van der Waals surface area contributed by atoms with Gasteiger partial charge in [-0.2, -0.15) is 8.78 Å². The van der Waals surface area contributed by atoms with Crippen molar-refractivity contribution in [1.29, 1.82) is 0 Å². The van der Waals surface area contributed by atoms with Crippen molar-refractivity contribution in [2.45, 2.75) is 65.1 Å². The van der Waals surface area contributed by atoms with E-state index >= 15 is 0 Å². The van der Waals surface area contributed by atoms with E-state index in [0.29, 0.717) is 23.4 Å². The monoisotopic (exact) mass is 519 g/mol. The number of anilines is 2. The lowest BCUT2D eigenvalue weighted by Crippen LogP contribution is -2.22. The SMILES string of the molecule is CC.CN.FC(F)Oc1cccc(CNc2cccc(-c3cc(NC4CCCCC4)ncc3Cl)n2)c1. The van der Waals surface area contributed by atoms with Gasteiger partial charge in [0.15, 0.2) is 0 Å². The zero-order valence-electron chi connectivity index (χ0n) is 21.1. The minimum absolute atomic E-state index is 0.127. The van der Waals surface area contributed by atoms with Gasteiger partial charge < -0.3 is 21.1 Å². The summed E-state index contributed by atoms with van der Waals surface area (Å²) in [4.78, 5) is 9.11. The highest BCUT2D eigenvalue weighted by Crippen LogP contribution is 2.30. The second-order valence-electron chi connectivity index (χ2n) is 7.82. The molecule has 0 aliphatic heterocycles. The van der Waals surface area contributed by atoms with Crippen LogP contribution in [-0.2, 0) is 6.54 Å². The smallest absolute Gasteiger partial charge is 0.387 e. The molecule has 2 aromatic heterocycles. The Bertz CT molecular complexity index is 1050. The molecule has 0 bridgehead atoms. The minimum Gasteiger partial charge on any atom is -0.435 e. The third-order valence-corrected chi connectivity index (χ3v) is 5.74. The van der Waals surface area contributed by atoms with Gasteiger partial charge in [0.05, 0.1) is 10.7 Å². The minimum atomic E-state index is -2.85. The molecule has 3 aromatic rings. The number of alkyl halides is 2. The first-order chi connectivity index (χ1) is 17.6. The van der Waals surface area contributed by atoms with Crippen LogP contribution in [-0.4, -0.2) is 29.7 Å². The highest BCUT2D eigenvalue weighted by molar-refractivity contribution is 6.33. The van der Waals surface area contributed by atoms with Gasteiger partial charge in [-0.25, -0.2) is 9.97 Å². The van der Waals surface area contributed by atoms with E-state index in [1.165, 1.54) is 32.4 Å². The number of aromatic nitrogens is 2. The second-order valence-corrected chi connectivity index (χ2v) is 8.22. The summed E-state index contributed by atoms with van der Waals surface area (Å²) in [5.41, 5.74) is 6.83. The Hall–Kier alpha value is -2.97. The summed E-state index contributed by atoms with van der Waals surface area (Å²) in [5.74, 6) is 1.58. The van der Waals surface area contributed by atoms with Crippen molar-refractivity contribution < 1.29 is 13.5 Å². The van der Waals surface area contributed by atoms with Gasteiger partial charge in [-0.3, -0.25) is 0 Å². The number of hydrogen-bond donors (Lipinski definition) is 3. The Balaban J connectivity index is 0.00000109. The summed E-state index contributed by atoms with van der Waals surface area (Å²) in [6, 6.07) is 14.6. The molecule has 1 aliphatic rings. The first-order valence-electron chi connectivity index (χ1n) is 12.3. The number of hydrogen-bond acceptors (Lipinski definition) is 6. The third-order valence-electron chi connectivity index (χ3n) is 5.43. The second kappa shape index (κ2) is 15.9. The van der Waals surface area contributed by atoms with E-state index in [2.05, 4.69) is 31.1 Å². The predicted octanol–water partition coefficient (Wildman–Crippen LogP) is 7.36. The fraction of sp³-hybridized carbons (Fsp3) is 0.407. The zero-order valence-corrected chi connectivity index (χ0v) is 21.9. The van der Waals surface area contributed by atoms with Gasteiger partial charge in [-0.15, -0.1) is 0 Å². The van der Waals surface area contributed by atoms with Crippen LogP contribution in [0.25, 0.3) is 11.3 Å². The summed E-state index contributed by atoms with van der Waals surface area (Å²) in [5, 5.41) is 7.27. The number of benzene rings is 1. The van der Waals surface area contributed by atoms with E-state index in [4.69, 9.17) is 11.6 Å². The van der Waals surface area contributed by atoms with Crippen molar-refractivity contribution in [1.82, 2.24) is 9.97 Å². The number of nitrogens with zero attached hydrogens (tertiary/aromatic N) is 2. The van der Waals surface area contributed by atoms with Crippen molar-refractivity contribution in [3.05, 3.63) is 65.3 Å². The number of nitrogens with one attached hydrogen (secondary N) is 2. The van der Waals surface area contributed by atoms with Gasteiger partial charge in [-0.05, 0) is 55.8 Å². The maximum atomic E-state index is 12.4. The topological polar surface area (TPSA) is 85.1 Å². The lowest BCUT2D eigenvalue weighted by Gasteiger charge is -2.23. The first-order valence-corrected chi connectivity index (χ1v) is 12.7. The van der Waals surface area contributed by atoms with Crippen LogP contribution in [0, 0.1) is 0 Å². The molecule has 1 saturated carbocycles. The Kier molecular flexibility index (Phi) is 12.9. The molecule has 0 atom stereocenters. The van der Waals surface area contributed by atoms with Gasteiger partial charge in [0, 0.05) is 24.3 Å². The summed E-state index contributed by atoms with van der Waals surface area (Å²) in [6.45, 7) is 1.56. The van der Waals surface area contributed by atoms with E-state index in [0.717, 1.165) is 35.5 Å². The third kappa shape index (κ3) is 9.24. The van der Waals surface area contributed by atoms with Crippen molar-refractivity contribution in [2.75, 3.05) is 17.7 Å². The molecular formula is C27H36ClF2N5O. The summed E-state index contributed by atoms with van der Waals surface area (Å²) in [6.07, 6.45) is 7.74. The summed E-state index contributed by atoms with van der Waals surface area (Å²) < 4.78 is 29.3. The molecule has 0 radical (unpaired) electrons. The van der Waals surface area contributed by atoms with E-state index < -0.39 is 6.61 Å². The van der Waals surface area contributed by atoms with E-state index in [1.807, 2.05) is 44.2 Å². The van der Waals surface area contributed by atoms with Crippen LogP contribution in [0.3, 0.4) is 0 Å². The Morgan fingerprint density at radius 3 is 2.47 bits per heavy atom. The summed E-state index contributed by atoms with van der Waals surface area (Å²) in [7, 11) is 1.50. The number of pyridine rings is 2. The molecule has 0 amide bonds. The van der Waals surface area contributed by atoms with Crippen LogP contribution in [0.2, 0.25) is 5.02 Å². The molecule has 0 spiro atoms. The Morgan fingerprint density at radius 2 is 1.75 bits per heavy atom. The number of ether oxygens (including phenoxy) is 1. The van der Waals surface area contributed by atoms with Crippen molar-refractivity contribution in [3.63, 3.8) is 0 Å². The molecule has 1 fully saturated rings. The van der Waals surface area contributed by atoms with Crippen LogP contribution in [0.1, 0.15) is 51.5 Å². The fourth-order valence-electron chi connectivity index (χ4n) is 3.88. The van der Waals surface area contributed by atoms with Gasteiger partial charge in [-0.1, -0.05) is 62.9 Å². The highest BCUT2D eigenvalue weighted by Gasteiger charge is 2.15. The average molecular weight is 520 g/mol. The molecule has 6 nitrogen and oxygen atoms in total. The first kappa shape index (κ1) is 29.3. The fourth-order valence-corrected chi connectivity index (χ4v) is 4.08.